The minimum absolute atomic E-state index is 0.0773. The molecule has 0 spiro atoms. The highest BCUT2D eigenvalue weighted by Gasteiger charge is 2.39. The summed E-state index contributed by atoms with van der Waals surface area (Å²) in [6.45, 7) is 0. The molecule has 1 aliphatic heterocycles. The van der Waals surface area contributed by atoms with Crippen molar-refractivity contribution in [1.29, 1.82) is 0 Å². The first-order valence-electron chi connectivity index (χ1n) is 10.9. The van der Waals surface area contributed by atoms with E-state index in [0.717, 1.165) is 29.0 Å². The highest BCUT2D eigenvalue weighted by Crippen LogP contribution is 2.51. The van der Waals surface area contributed by atoms with Gasteiger partial charge in [0.15, 0.2) is 0 Å². The fourth-order valence-corrected chi connectivity index (χ4v) is 5.94. The third kappa shape index (κ3) is 3.93. The number of hydrogen-bond acceptors (Lipinski definition) is 5. The molecule has 2 N–H and O–H groups in total. The van der Waals surface area contributed by atoms with Gasteiger partial charge in [-0.25, -0.2) is 8.42 Å². The quantitative estimate of drug-likeness (QED) is 0.484. The van der Waals surface area contributed by atoms with Gasteiger partial charge in [0.2, 0.25) is 0 Å². The first-order chi connectivity index (χ1) is 16.0. The lowest BCUT2D eigenvalue weighted by molar-refractivity contribution is 0.381. The summed E-state index contributed by atoms with van der Waals surface area (Å²) in [6, 6.07) is 20.3. The van der Waals surface area contributed by atoms with E-state index in [4.69, 9.17) is 9.47 Å². The number of sulfonamides is 1. The predicted octanol–water partition coefficient (Wildman–Crippen LogP) is 5.33. The van der Waals surface area contributed by atoms with Crippen LogP contribution in [0.15, 0.2) is 83.8 Å². The van der Waals surface area contributed by atoms with Crippen molar-refractivity contribution in [3.8, 4) is 11.5 Å². The van der Waals surface area contributed by atoms with Crippen molar-refractivity contribution in [2.75, 3.05) is 24.3 Å². The lowest BCUT2D eigenvalue weighted by atomic mass is 9.77. The number of para-hydroxylation sites is 1. The van der Waals surface area contributed by atoms with Crippen LogP contribution in [0.25, 0.3) is 0 Å². The van der Waals surface area contributed by atoms with Crippen molar-refractivity contribution in [1.82, 2.24) is 0 Å². The zero-order chi connectivity index (χ0) is 23.0. The Hall–Kier alpha value is -3.45. The van der Waals surface area contributed by atoms with Crippen LogP contribution in [0.2, 0.25) is 0 Å². The van der Waals surface area contributed by atoms with Crippen LogP contribution < -0.4 is 19.5 Å². The molecule has 0 bridgehead atoms. The van der Waals surface area contributed by atoms with Crippen LogP contribution in [-0.2, 0) is 10.0 Å². The van der Waals surface area contributed by atoms with E-state index in [9.17, 15) is 8.42 Å². The normalized spacial score (nSPS) is 21.0. The largest absolute Gasteiger partial charge is 0.497 e. The average molecular weight is 463 g/mol. The van der Waals surface area contributed by atoms with Gasteiger partial charge in [0.1, 0.15) is 11.5 Å². The summed E-state index contributed by atoms with van der Waals surface area (Å²) in [5, 5.41) is 3.65. The summed E-state index contributed by atoms with van der Waals surface area (Å²) >= 11 is 0. The number of methoxy groups -OCH3 is 2. The molecule has 3 aromatic carbocycles. The fraction of sp³-hybridized carbons (Fsp3) is 0.231. The molecule has 33 heavy (non-hydrogen) atoms. The Morgan fingerprint density at radius 3 is 2.48 bits per heavy atom. The standard InChI is InChI=1S/C26H26N2O4S/c1-31-18-12-10-17(11-13-18)28-33(29,30)19-14-15-24-23(16-19)20-7-5-8-21(20)26(27-24)22-6-3-4-9-25(22)32-2/h3-7,9-16,20-21,26-28H,8H2,1-2H3/t20-,21+,26-/m0/s1. The van der Waals surface area contributed by atoms with Crippen LogP contribution >= 0.6 is 0 Å². The molecule has 0 aromatic heterocycles. The number of hydrogen-bond donors (Lipinski definition) is 2. The Morgan fingerprint density at radius 2 is 1.73 bits per heavy atom. The van der Waals surface area contributed by atoms with Gasteiger partial charge in [-0.2, -0.15) is 0 Å². The van der Waals surface area contributed by atoms with Crippen molar-refractivity contribution in [3.63, 3.8) is 0 Å². The van der Waals surface area contributed by atoms with Gasteiger partial charge >= 0.3 is 0 Å². The number of rotatable bonds is 6. The van der Waals surface area contributed by atoms with Crippen molar-refractivity contribution >= 4 is 21.4 Å². The van der Waals surface area contributed by atoms with Crippen LogP contribution in [0.3, 0.4) is 0 Å². The van der Waals surface area contributed by atoms with Gasteiger partial charge in [-0.3, -0.25) is 4.72 Å². The van der Waals surface area contributed by atoms with E-state index in [0.29, 0.717) is 11.4 Å². The Bertz CT molecular complexity index is 1300. The van der Waals surface area contributed by atoms with Crippen LogP contribution in [0.4, 0.5) is 11.4 Å². The minimum atomic E-state index is -3.73. The minimum Gasteiger partial charge on any atom is -0.497 e. The summed E-state index contributed by atoms with van der Waals surface area (Å²) in [5.74, 6) is 1.93. The molecule has 6 nitrogen and oxygen atoms in total. The number of fused-ring (bicyclic) bond motifs is 3. The maximum absolute atomic E-state index is 13.1. The zero-order valence-corrected chi connectivity index (χ0v) is 19.3. The number of allylic oxidation sites excluding steroid dienone is 2. The fourth-order valence-electron chi connectivity index (χ4n) is 4.84. The highest BCUT2D eigenvalue weighted by atomic mass is 32.2. The van der Waals surface area contributed by atoms with Gasteiger partial charge in [0.05, 0.1) is 25.2 Å². The molecule has 1 heterocycles. The van der Waals surface area contributed by atoms with E-state index < -0.39 is 10.0 Å². The number of ether oxygens (including phenoxy) is 2. The third-order valence-corrected chi connectivity index (χ3v) is 7.84. The lowest BCUT2D eigenvalue weighted by Gasteiger charge is -2.38. The maximum atomic E-state index is 13.1. The molecule has 3 atom stereocenters. The van der Waals surface area contributed by atoms with E-state index in [2.05, 4.69) is 28.3 Å². The van der Waals surface area contributed by atoms with Gasteiger partial charge in [-0.15, -0.1) is 0 Å². The van der Waals surface area contributed by atoms with Crippen LogP contribution in [0, 0.1) is 5.92 Å². The summed E-state index contributed by atoms with van der Waals surface area (Å²) in [4.78, 5) is 0.244. The average Bonchev–Trinajstić information content (AvgIpc) is 3.34. The molecule has 0 unspecified atom stereocenters. The summed E-state index contributed by atoms with van der Waals surface area (Å²) < 4.78 is 39.6. The second-order valence-electron chi connectivity index (χ2n) is 8.30. The molecule has 170 valence electrons. The molecule has 0 radical (unpaired) electrons. The molecule has 0 saturated heterocycles. The lowest BCUT2D eigenvalue weighted by Crippen LogP contribution is -2.29. The Kier molecular flexibility index (Phi) is 5.50. The van der Waals surface area contributed by atoms with E-state index in [1.165, 1.54) is 0 Å². The van der Waals surface area contributed by atoms with Crippen LogP contribution in [-0.4, -0.2) is 22.6 Å². The maximum Gasteiger partial charge on any atom is 0.261 e. The topological polar surface area (TPSA) is 76.7 Å². The van der Waals surface area contributed by atoms with Crippen molar-refractivity contribution in [2.24, 2.45) is 5.92 Å². The summed E-state index contributed by atoms with van der Waals surface area (Å²) in [6.07, 6.45) is 5.30. The Morgan fingerprint density at radius 1 is 0.939 bits per heavy atom. The van der Waals surface area contributed by atoms with E-state index in [1.807, 2.05) is 24.3 Å². The molecule has 0 fully saturated rings. The van der Waals surface area contributed by atoms with Gasteiger partial charge in [-0.1, -0.05) is 30.4 Å². The molecule has 1 aliphatic carbocycles. The monoisotopic (exact) mass is 462 g/mol. The van der Waals surface area contributed by atoms with Crippen molar-refractivity contribution in [2.45, 2.75) is 23.3 Å². The van der Waals surface area contributed by atoms with Crippen LogP contribution in [0.1, 0.15) is 29.5 Å². The first kappa shape index (κ1) is 21.4. The van der Waals surface area contributed by atoms with Crippen molar-refractivity contribution in [3.05, 3.63) is 90.0 Å². The van der Waals surface area contributed by atoms with Gasteiger partial charge in [-0.05, 0) is 66.4 Å². The summed E-state index contributed by atoms with van der Waals surface area (Å²) in [7, 11) is -0.474. The van der Waals surface area contributed by atoms with E-state index >= 15 is 0 Å². The highest BCUT2D eigenvalue weighted by molar-refractivity contribution is 7.92. The molecular formula is C26H26N2O4S. The second kappa shape index (κ2) is 8.48. The molecule has 7 heteroatoms. The smallest absolute Gasteiger partial charge is 0.261 e. The van der Waals surface area contributed by atoms with E-state index in [-0.39, 0.29) is 22.8 Å². The second-order valence-corrected chi connectivity index (χ2v) is 9.98. The molecule has 5 rings (SSSR count). The number of nitrogens with one attached hydrogen (secondary N) is 2. The molecule has 0 amide bonds. The number of anilines is 2. The van der Waals surface area contributed by atoms with Crippen molar-refractivity contribution < 1.29 is 17.9 Å². The Labute approximate surface area is 194 Å². The molecule has 3 aromatic rings. The Balaban J connectivity index is 1.47. The molecular weight excluding hydrogens is 436 g/mol. The molecule has 2 aliphatic rings. The van der Waals surface area contributed by atoms with Gasteiger partial charge in [0, 0.05) is 22.9 Å². The SMILES string of the molecule is COc1ccc(NS(=O)(=O)c2ccc3c(c2)[C@H]2C=CC[C@H]2[C@@H](c2ccccc2OC)N3)cc1. The number of benzene rings is 3. The summed E-state index contributed by atoms with van der Waals surface area (Å²) in [5.41, 5.74) is 3.54. The predicted molar refractivity (Wildman–Crippen MR) is 130 cm³/mol. The van der Waals surface area contributed by atoms with E-state index in [1.54, 1.807) is 50.6 Å². The first-order valence-corrected chi connectivity index (χ1v) is 12.4. The van der Waals surface area contributed by atoms with Gasteiger partial charge in [0.25, 0.3) is 10.0 Å². The molecule has 0 saturated carbocycles. The van der Waals surface area contributed by atoms with Gasteiger partial charge < -0.3 is 14.8 Å². The zero-order valence-electron chi connectivity index (χ0n) is 18.5. The van der Waals surface area contributed by atoms with Crippen LogP contribution in [0.5, 0.6) is 11.5 Å². The third-order valence-electron chi connectivity index (χ3n) is 6.46.